The number of nitrogens with zero attached hydrogens (tertiary/aromatic N) is 1. The number of carbonyl (C=O) groups excluding carboxylic acids is 2. The van der Waals surface area contributed by atoms with Crippen LogP contribution in [0.15, 0.2) is 59.5 Å². The van der Waals surface area contributed by atoms with Crippen molar-refractivity contribution in [1.29, 1.82) is 0 Å². The topological polar surface area (TPSA) is 122 Å². The molecule has 0 aromatic rings. The summed E-state index contributed by atoms with van der Waals surface area (Å²) in [7, 11) is -2.75. The van der Waals surface area contributed by atoms with Crippen LogP contribution in [0.5, 0.6) is 0 Å². The van der Waals surface area contributed by atoms with Gasteiger partial charge in [-0.25, -0.2) is 12.7 Å². The van der Waals surface area contributed by atoms with Gasteiger partial charge in [0.05, 0.1) is 42.9 Å². The van der Waals surface area contributed by atoms with Crippen LogP contribution in [0.25, 0.3) is 0 Å². The summed E-state index contributed by atoms with van der Waals surface area (Å²) >= 11 is 0. The molecule has 2 aliphatic carbocycles. The number of amides is 2. The highest BCUT2D eigenvalue weighted by Gasteiger charge is 2.61. The number of carbonyl (C=O) groups is 2. The standard InChI is InChI=1S/C27H38N2O7S/c1-6-36-21-9-10-23-22(18-21)27(14-11-20(30)12-15-27)25(32)29(23)37(33,34)17-7-8-19(13-16-35-5)24(31)28-26(2,3)4/h7-10,13,16-18,20,22-23,30H,6,11-12,14-15H2,1-5H3,(H,28,31)/b16-13+,17-7+,19-8+. The summed E-state index contributed by atoms with van der Waals surface area (Å²) in [6.07, 6.45) is 11.8. The van der Waals surface area contributed by atoms with Crippen molar-refractivity contribution in [1.82, 2.24) is 9.62 Å². The predicted molar refractivity (Wildman–Crippen MR) is 140 cm³/mol. The fourth-order valence-corrected chi connectivity index (χ4v) is 6.50. The van der Waals surface area contributed by atoms with E-state index in [2.05, 4.69) is 5.32 Å². The summed E-state index contributed by atoms with van der Waals surface area (Å²) in [5.74, 6) is -0.648. The minimum absolute atomic E-state index is 0.188. The van der Waals surface area contributed by atoms with E-state index in [1.54, 1.807) is 12.2 Å². The molecule has 0 bridgehead atoms. The number of ether oxygens (including phenoxy) is 2. The van der Waals surface area contributed by atoms with Crippen molar-refractivity contribution in [2.24, 2.45) is 11.3 Å². The van der Waals surface area contributed by atoms with Crippen LogP contribution in [-0.4, -0.2) is 61.0 Å². The van der Waals surface area contributed by atoms with Crippen LogP contribution in [0, 0.1) is 11.3 Å². The lowest BCUT2D eigenvalue weighted by atomic mass is 9.64. The highest BCUT2D eigenvalue weighted by atomic mass is 32.2. The van der Waals surface area contributed by atoms with Gasteiger partial charge in [0, 0.05) is 17.0 Å². The zero-order valence-corrected chi connectivity index (χ0v) is 23.0. The van der Waals surface area contributed by atoms with Gasteiger partial charge in [0.25, 0.3) is 15.9 Å². The Labute approximate surface area is 219 Å². The SMILES string of the molecule is CCOC1=CC2C(C=C1)N(S(=O)(=O)/C=C/C=C(\C=C\OC)C(=O)NC(C)(C)C)C(=O)C21CCC(O)CC1. The van der Waals surface area contributed by atoms with E-state index in [-0.39, 0.29) is 5.57 Å². The summed E-state index contributed by atoms with van der Waals surface area (Å²) in [6, 6.07) is -0.692. The molecule has 0 radical (unpaired) electrons. The largest absolute Gasteiger partial charge is 0.504 e. The number of methoxy groups -OCH3 is 1. The Bertz CT molecular complexity index is 1130. The quantitative estimate of drug-likeness (QED) is 0.279. The van der Waals surface area contributed by atoms with Gasteiger partial charge >= 0.3 is 0 Å². The molecule has 1 spiro atoms. The van der Waals surface area contributed by atoms with E-state index in [0.717, 1.165) is 9.71 Å². The van der Waals surface area contributed by atoms with Crippen molar-refractivity contribution in [3.05, 3.63) is 59.5 Å². The molecule has 0 aromatic carbocycles. The molecular formula is C27H38N2O7S. The molecule has 1 heterocycles. The Hall–Kier alpha value is -2.85. The number of hydrogen-bond donors (Lipinski definition) is 2. The third-order valence-electron chi connectivity index (χ3n) is 6.80. The van der Waals surface area contributed by atoms with E-state index < -0.39 is 50.9 Å². The second-order valence-electron chi connectivity index (χ2n) is 10.6. The van der Waals surface area contributed by atoms with Crippen molar-refractivity contribution < 1.29 is 32.6 Å². The number of fused-ring (bicyclic) bond motifs is 2. The molecule has 1 aliphatic heterocycles. The van der Waals surface area contributed by atoms with Crippen LogP contribution >= 0.6 is 0 Å². The third-order valence-corrected chi connectivity index (χ3v) is 8.26. The molecule has 2 unspecified atom stereocenters. The van der Waals surface area contributed by atoms with Crippen LogP contribution in [-0.2, 0) is 29.1 Å². The molecule has 204 valence electrons. The first-order chi connectivity index (χ1) is 17.3. The van der Waals surface area contributed by atoms with Gasteiger partial charge in [-0.3, -0.25) is 9.59 Å². The lowest BCUT2D eigenvalue weighted by molar-refractivity contribution is -0.135. The van der Waals surface area contributed by atoms with Crippen molar-refractivity contribution in [2.75, 3.05) is 13.7 Å². The number of hydrogen-bond acceptors (Lipinski definition) is 7. The van der Waals surface area contributed by atoms with Crippen LogP contribution in [0.2, 0.25) is 0 Å². The second-order valence-corrected chi connectivity index (χ2v) is 12.3. The van der Waals surface area contributed by atoms with Gasteiger partial charge in [-0.1, -0.05) is 6.08 Å². The number of rotatable bonds is 8. The molecule has 2 N–H and O–H groups in total. The van der Waals surface area contributed by atoms with Gasteiger partial charge in [-0.2, -0.15) is 0 Å². The van der Waals surface area contributed by atoms with Crippen LogP contribution in [0.4, 0.5) is 0 Å². The third kappa shape index (κ3) is 6.35. The lowest BCUT2D eigenvalue weighted by Gasteiger charge is -2.38. The molecule has 2 fully saturated rings. The van der Waals surface area contributed by atoms with Crippen LogP contribution in [0.3, 0.4) is 0 Å². The van der Waals surface area contributed by atoms with Crippen LogP contribution < -0.4 is 5.32 Å². The van der Waals surface area contributed by atoms with Crippen molar-refractivity contribution >= 4 is 21.8 Å². The maximum atomic E-state index is 13.8. The zero-order chi connectivity index (χ0) is 27.4. The molecule has 3 aliphatic rings. The normalized spacial score (nSPS) is 28.6. The highest BCUT2D eigenvalue weighted by Crippen LogP contribution is 2.54. The number of aliphatic hydroxyl groups is 1. The summed E-state index contributed by atoms with van der Waals surface area (Å²) < 4.78 is 38.5. The monoisotopic (exact) mass is 534 g/mol. The van der Waals surface area contributed by atoms with E-state index >= 15 is 0 Å². The van der Waals surface area contributed by atoms with Gasteiger partial charge < -0.3 is 19.9 Å². The first-order valence-corrected chi connectivity index (χ1v) is 14.0. The molecular weight excluding hydrogens is 496 g/mol. The average Bonchev–Trinajstić information content (AvgIpc) is 3.05. The predicted octanol–water partition coefficient (Wildman–Crippen LogP) is 3.07. The zero-order valence-electron chi connectivity index (χ0n) is 22.1. The minimum atomic E-state index is -4.19. The van der Waals surface area contributed by atoms with E-state index in [9.17, 15) is 23.1 Å². The molecule has 0 aromatic heterocycles. The summed E-state index contributed by atoms with van der Waals surface area (Å²) in [5.41, 5.74) is -1.23. The smallest absolute Gasteiger partial charge is 0.260 e. The minimum Gasteiger partial charge on any atom is -0.504 e. The summed E-state index contributed by atoms with van der Waals surface area (Å²) in [5, 5.41) is 13.8. The maximum absolute atomic E-state index is 13.8. The van der Waals surface area contributed by atoms with Crippen molar-refractivity contribution in [3.8, 4) is 0 Å². The average molecular weight is 535 g/mol. The number of allylic oxidation sites excluding steroid dienone is 3. The molecule has 9 nitrogen and oxygen atoms in total. The molecule has 37 heavy (non-hydrogen) atoms. The molecule has 2 atom stereocenters. The van der Waals surface area contributed by atoms with Gasteiger partial charge in [0.15, 0.2) is 0 Å². The lowest BCUT2D eigenvalue weighted by Crippen LogP contribution is -2.42. The van der Waals surface area contributed by atoms with Crippen molar-refractivity contribution in [2.45, 2.75) is 71.1 Å². The van der Waals surface area contributed by atoms with E-state index in [1.807, 2.05) is 33.8 Å². The fourth-order valence-electron chi connectivity index (χ4n) is 5.13. The molecule has 1 saturated heterocycles. The molecule has 3 rings (SSSR count). The number of sulfonamides is 1. The van der Waals surface area contributed by atoms with E-state index in [1.165, 1.54) is 31.6 Å². The Balaban J connectivity index is 1.94. The van der Waals surface area contributed by atoms with E-state index in [4.69, 9.17) is 9.47 Å². The van der Waals surface area contributed by atoms with Crippen LogP contribution in [0.1, 0.15) is 53.4 Å². The Morgan fingerprint density at radius 3 is 2.57 bits per heavy atom. The van der Waals surface area contributed by atoms with Gasteiger partial charge in [-0.05, 0) is 83.8 Å². The Morgan fingerprint density at radius 1 is 1.30 bits per heavy atom. The maximum Gasteiger partial charge on any atom is 0.260 e. The second kappa shape index (κ2) is 11.3. The first kappa shape index (κ1) is 28.7. The fraction of sp³-hybridized carbons (Fsp3) is 0.556. The van der Waals surface area contributed by atoms with Gasteiger partial charge in [-0.15, -0.1) is 0 Å². The van der Waals surface area contributed by atoms with E-state index in [0.29, 0.717) is 38.0 Å². The number of nitrogens with one attached hydrogen (secondary N) is 1. The molecule has 1 saturated carbocycles. The van der Waals surface area contributed by atoms with Gasteiger partial charge in [0.2, 0.25) is 5.91 Å². The Morgan fingerprint density at radius 2 is 1.97 bits per heavy atom. The first-order valence-electron chi connectivity index (χ1n) is 12.5. The number of aliphatic hydroxyl groups excluding tert-OH is 1. The highest BCUT2D eigenvalue weighted by molar-refractivity contribution is 7.92. The molecule has 10 heteroatoms. The van der Waals surface area contributed by atoms with Crippen molar-refractivity contribution in [3.63, 3.8) is 0 Å². The van der Waals surface area contributed by atoms with Gasteiger partial charge in [0.1, 0.15) is 5.76 Å². The Kier molecular flexibility index (Phi) is 8.74. The molecule has 2 amide bonds. The summed E-state index contributed by atoms with van der Waals surface area (Å²) in [6.45, 7) is 7.82. The summed E-state index contributed by atoms with van der Waals surface area (Å²) in [4.78, 5) is 26.4.